The molecular weight excluding hydrogens is 297 g/mol. The molecule has 1 aromatic carbocycles. The number of anilines is 2. The van der Waals surface area contributed by atoms with Gasteiger partial charge < -0.3 is 5.32 Å². The van der Waals surface area contributed by atoms with Crippen LogP contribution in [0.25, 0.3) is 10.2 Å². The lowest BCUT2D eigenvalue weighted by Crippen LogP contribution is -2.09. The molecule has 2 aromatic heterocycles. The van der Waals surface area contributed by atoms with Crippen LogP contribution in [0.15, 0.2) is 30.6 Å². The van der Waals surface area contributed by atoms with E-state index in [0.29, 0.717) is 5.92 Å². The van der Waals surface area contributed by atoms with Gasteiger partial charge in [0.1, 0.15) is 22.8 Å². The van der Waals surface area contributed by atoms with Crippen LogP contribution in [0.2, 0.25) is 0 Å². The molecule has 0 bridgehead atoms. The number of nitrogens with zero attached hydrogens (tertiary/aromatic N) is 2. The molecule has 5 heteroatoms. The van der Waals surface area contributed by atoms with Crippen molar-refractivity contribution in [2.45, 2.75) is 26.2 Å². The highest BCUT2D eigenvalue weighted by Gasteiger charge is 2.23. The Bertz CT molecular complexity index is 826. The Kier molecular flexibility index (Phi) is 3.30. The molecule has 1 aliphatic carbocycles. The first kappa shape index (κ1) is 13.6. The summed E-state index contributed by atoms with van der Waals surface area (Å²) in [5.74, 6) is 1.28. The van der Waals surface area contributed by atoms with Crippen molar-refractivity contribution in [3.63, 3.8) is 0 Å². The zero-order chi connectivity index (χ0) is 15.1. The van der Waals surface area contributed by atoms with Crippen LogP contribution in [0.5, 0.6) is 0 Å². The van der Waals surface area contributed by atoms with Crippen molar-refractivity contribution in [2.75, 3.05) is 5.32 Å². The number of aromatic nitrogens is 2. The van der Waals surface area contributed by atoms with E-state index in [9.17, 15) is 4.39 Å². The van der Waals surface area contributed by atoms with Crippen molar-refractivity contribution in [1.82, 2.24) is 9.97 Å². The molecule has 0 saturated heterocycles. The van der Waals surface area contributed by atoms with Crippen LogP contribution in [-0.4, -0.2) is 9.97 Å². The molecule has 0 spiro atoms. The summed E-state index contributed by atoms with van der Waals surface area (Å²) in [7, 11) is 0. The van der Waals surface area contributed by atoms with E-state index in [1.54, 1.807) is 29.8 Å². The van der Waals surface area contributed by atoms with E-state index in [1.165, 1.54) is 29.0 Å². The maximum Gasteiger partial charge on any atom is 0.142 e. The Morgan fingerprint density at radius 2 is 2.05 bits per heavy atom. The summed E-state index contributed by atoms with van der Waals surface area (Å²) in [6.45, 7) is 2.29. The quantitative estimate of drug-likeness (QED) is 0.745. The summed E-state index contributed by atoms with van der Waals surface area (Å²) in [5, 5.41) is 4.45. The van der Waals surface area contributed by atoms with Gasteiger partial charge in [0.05, 0.1) is 5.39 Å². The van der Waals surface area contributed by atoms with Crippen molar-refractivity contribution >= 4 is 33.1 Å². The lowest BCUT2D eigenvalue weighted by atomic mass is 9.88. The first-order valence-corrected chi connectivity index (χ1v) is 8.30. The zero-order valence-corrected chi connectivity index (χ0v) is 13.1. The maximum absolute atomic E-state index is 13.0. The molecule has 2 heterocycles. The molecule has 22 heavy (non-hydrogen) atoms. The molecule has 3 aromatic rings. The van der Waals surface area contributed by atoms with Crippen LogP contribution in [0.3, 0.4) is 0 Å². The first-order chi connectivity index (χ1) is 10.7. The fraction of sp³-hybridized carbons (Fsp3) is 0.294. The van der Waals surface area contributed by atoms with Gasteiger partial charge in [0.15, 0.2) is 0 Å². The second kappa shape index (κ2) is 5.32. The average Bonchev–Trinajstić information content (AvgIpc) is 2.88. The number of hydrogen-bond acceptors (Lipinski definition) is 4. The van der Waals surface area contributed by atoms with Crippen molar-refractivity contribution < 1.29 is 4.39 Å². The van der Waals surface area contributed by atoms with Crippen molar-refractivity contribution in [1.29, 1.82) is 0 Å². The molecule has 0 saturated carbocycles. The number of halogens is 1. The molecule has 1 atom stereocenters. The average molecular weight is 313 g/mol. The SMILES string of the molecule is CC1CCc2sc3ncnc(Nc4ccc(F)cc4)c3c2C1. The number of fused-ring (bicyclic) bond motifs is 3. The van der Waals surface area contributed by atoms with Gasteiger partial charge in [0.25, 0.3) is 0 Å². The molecule has 1 aliphatic rings. The topological polar surface area (TPSA) is 37.8 Å². The van der Waals surface area contributed by atoms with E-state index < -0.39 is 0 Å². The van der Waals surface area contributed by atoms with Crippen LogP contribution in [0.1, 0.15) is 23.8 Å². The molecule has 1 N–H and O–H groups in total. The highest BCUT2D eigenvalue weighted by atomic mass is 32.1. The Hall–Kier alpha value is -2.01. The minimum absolute atomic E-state index is 0.236. The molecule has 0 aliphatic heterocycles. The Morgan fingerprint density at radius 1 is 1.23 bits per heavy atom. The molecule has 112 valence electrons. The predicted octanol–water partition coefficient (Wildman–Crippen LogP) is 4.70. The summed E-state index contributed by atoms with van der Waals surface area (Å²) in [4.78, 5) is 11.3. The number of nitrogens with one attached hydrogen (secondary N) is 1. The van der Waals surface area contributed by atoms with Gasteiger partial charge in [-0.1, -0.05) is 6.92 Å². The van der Waals surface area contributed by atoms with Gasteiger partial charge in [-0.05, 0) is 55.0 Å². The van der Waals surface area contributed by atoms with Crippen LogP contribution >= 0.6 is 11.3 Å². The van der Waals surface area contributed by atoms with E-state index in [2.05, 4.69) is 22.2 Å². The summed E-state index contributed by atoms with van der Waals surface area (Å²) >= 11 is 1.78. The second-order valence-electron chi connectivity index (χ2n) is 5.89. The Balaban J connectivity index is 1.80. The van der Waals surface area contributed by atoms with Crippen LogP contribution in [-0.2, 0) is 12.8 Å². The van der Waals surface area contributed by atoms with E-state index in [1.807, 2.05) is 0 Å². The first-order valence-electron chi connectivity index (χ1n) is 7.48. The zero-order valence-electron chi connectivity index (χ0n) is 12.3. The largest absolute Gasteiger partial charge is 0.340 e. The maximum atomic E-state index is 13.0. The van der Waals surface area contributed by atoms with Gasteiger partial charge in [-0.25, -0.2) is 14.4 Å². The molecule has 0 fully saturated rings. The number of thiophene rings is 1. The fourth-order valence-corrected chi connectivity index (χ4v) is 4.23. The third-order valence-electron chi connectivity index (χ3n) is 4.19. The van der Waals surface area contributed by atoms with E-state index in [0.717, 1.165) is 34.6 Å². The van der Waals surface area contributed by atoms with Crippen molar-refractivity contribution in [3.8, 4) is 0 Å². The number of hydrogen-bond donors (Lipinski definition) is 1. The molecule has 3 nitrogen and oxygen atoms in total. The van der Waals surface area contributed by atoms with E-state index in [-0.39, 0.29) is 5.82 Å². The van der Waals surface area contributed by atoms with Gasteiger partial charge in [-0.3, -0.25) is 0 Å². The second-order valence-corrected chi connectivity index (χ2v) is 6.97. The highest BCUT2D eigenvalue weighted by Crippen LogP contribution is 2.40. The van der Waals surface area contributed by atoms with Gasteiger partial charge in [0, 0.05) is 10.6 Å². The summed E-state index contributed by atoms with van der Waals surface area (Å²) in [6, 6.07) is 6.35. The predicted molar refractivity (Wildman–Crippen MR) is 88.3 cm³/mol. The molecule has 1 unspecified atom stereocenters. The van der Waals surface area contributed by atoms with Gasteiger partial charge in [-0.2, -0.15) is 0 Å². The molecule has 0 radical (unpaired) electrons. The minimum atomic E-state index is -0.236. The van der Waals surface area contributed by atoms with E-state index in [4.69, 9.17) is 0 Å². The number of rotatable bonds is 2. The van der Waals surface area contributed by atoms with Crippen molar-refractivity contribution in [2.24, 2.45) is 5.92 Å². The standard InChI is InChI=1S/C17H16FN3S/c1-10-2-7-14-13(8-10)15-16(19-9-20-17(15)22-14)21-12-5-3-11(18)4-6-12/h3-6,9-10H,2,7-8H2,1H3,(H,19,20,21). The summed E-state index contributed by atoms with van der Waals surface area (Å²) in [5.41, 5.74) is 2.23. The molecular formula is C17H16FN3S. The monoisotopic (exact) mass is 313 g/mol. The smallest absolute Gasteiger partial charge is 0.142 e. The van der Waals surface area contributed by atoms with Crippen LogP contribution < -0.4 is 5.32 Å². The van der Waals surface area contributed by atoms with Crippen LogP contribution in [0.4, 0.5) is 15.9 Å². The molecule has 4 rings (SSSR count). The van der Waals surface area contributed by atoms with Gasteiger partial charge in [0.2, 0.25) is 0 Å². The van der Waals surface area contributed by atoms with Gasteiger partial charge >= 0.3 is 0 Å². The van der Waals surface area contributed by atoms with Gasteiger partial charge in [-0.15, -0.1) is 11.3 Å². The van der Waals surface area contributed by atoms with E-state index >= 15 is 0 Å². The lowest BCUT2D eigenvalue weighted by Gasteiger charge is -2.18. The van der Waals surface area contributed by atoms with Crippen LogP contribution in [0, 0.1) is 11.7 Å². The third kappa shape index (κ3) is 2.35. The lowest BCUT2D eigenvalue weighted by molar-refractivity contribution is 0.508. The Labute approximate surface area is 132 Å². The highest BCUT2D eigenvalue weighted by molar-refractivity contribution is 7.19. The summed E-state index contributed by atoms with van der Waals surface area (Å²) in [6.07, 6.45) is 5.06. The van der Waals surface area contributed by atoms with Crippen molar-refractivity contribution in [3.05, 3.63) is 46.9 Å². The fourth-order valence-electron chi connectivity index (χ4n) is 3.05. The number of benzene rings is 1. The Morgan fingerprint density at radius 3 is 2.86 bits per heavy atom. The normalized spacial score (nSPS) is 17.5. The minimum Gasteiger partial charge on any atom is -0.340 e. The molecule has 0 amide bonds. The number of aryl methyl sites for hydroxylation is 1. The summed E-state index contributed by atoms with van der Waals surface area (Å²) < 4.78 is 13.0. The third-order valence-corrected chi connectivity index (χ3v) is 5.39.